The van der Waals surface area contributed by atoms with Gasteiger partial charge in [-0.2, -0.15) is 0 Å². The Bertz CT molecular complexity index is 396. The number of alkyl halides is 1. The first-order valence-electron chi connectivity index (χ1n) is 6.23. The lowest BCUT2D eigenvalue weighted by molar-refractivity contribution is 0.188. The lowest BCUT2D eigenvalue weighted by atomic mass is 9.99. The Labute approximate surface area is 111 Å². The van der Waals surface area contributed by atoms with Gasteiger partial charge in [-0.25, -0.2) is 0 Å². The highest BCUT2D eigenvalue weighted by atomic mass is 79.9. The molecule has 0 N–H and O–H groups in total. The van der Waals surface area contributed by atoms with Gasteiger partial charge in [-0.15, -0.1) is 0 Å². The smallest absolute Gasteiger partial charge is 0.250 e. The number of likely N-dealkylation sites (tertiary alicyclic amines) is 1. The van der Waals surface area contributed by atoms with Crippen LogP contribution in [0.2, 0.25) is 0 Å². The van der Waals surface area contributed by atoms with Gasteiger partial charge in [0.1, 0.15) is 0 Å². The zero-order chi connectivity index (χ0) is 12.1. The molecule has 0 amide bonds. The van der Waals surface area contributed by atoms with E-state index in [2.05, 4.69) is 20.8 Å². The van der Waals surface area contributed by atoms with Crippen molar-refractivity contribution in [3.05, 3.63) is 34.7 Å². The molecule has 17 heavy (non-hydrogen) atoms. The molecule has 1 aromatic rings. The number of hydrogen-bond donors (Lipinski definition) is 0. The third-order valence-electron chi connectivity index (χ3n) is 3.48. The molecule has 0 aromatic carbocycles. The molecule has 2 heterocycles. The monoisotopic (exact) mass is 298 g/mol. The van der Waals surface area contributed by atoms with Gasteiger partial charge < -0.3 is 9.47 Å². The molecule has 4 heteroatoms. The molecule has 0 bridgehead atoms. The molecule has 0 saturated carbocycles. The molecule has 0 atom stereocenters. The SMILES string of the molecule is O=c1ccccn1CCN1CCC(CBr)CC1. The second kappa shape index (κ2) is 6.36. The van der Waals surface area contributed by atoms with Crippen molar-refractivity contribution in [2.45, 2.75) is 19.4 Å². The van der Waals surface area contributed by atoms with Crippen LogP contribution >= 0.6 is 15.9 Å². The Morgan fingerprint density at radius 2 is 2.00 bits per heavy atom. The summed E-state index contributed by atoms with van der Waals surface area (Å²) < 4.78 is 1.79. The van der Waals surface area contributed by atoms with Gasteiger partial charge in [0.05, 0.1) is 0 Å². The average Bonchev–Trinajstić information content (AvgIpc) is 2.38. The van der Waals surface area contributed by atoms with Crippen LogP contribution in [0.15, 0.2) is 29.2 Å². The van der Waals surface area contributed by atoms with Crippen LogP contribution in [-0.4, -0.2) is 34.4 Å². The number of halogens is 1. The van der Waals surface area contributed by atoms with E-state index in [1.165, 1.54) is 12.8 Å². The summed E-state index contributed by atoms with van der Waals surface area (Å²) in [4.78, 5) is 14.0. The van der Waals surface area contributed by atoms with E-state index >= 15 is 0 Å². The number of rotatable bonds is 4. The zero-order valence-corrected chi connectivity index (χ0v) is 11.6. The highest BCUT2D eigenvalue weighted by Gasteiger charge is 2.17. The standard InChI is InChI=1S/C13H19BrN2O/c14-11-12-4-7-15(8-5-12)9-10-16-6-2-1-3-13(16)17/h1-3,6,12H,4-5,7-11H2. The van der Waals surface area contributed by atoms with Crippen molar-refractivity contribution in [3.63, 3.8) is 0 Å². The van der Waals surface area contributed by atoms with Crippen LogP contribution < -0.4 is 5.56 Å². The zero-order valence-electron chi connectivity index (χ0n) is 10.0. The highest BCUT2D eigenvalue weighted by Crippen LogP contribution is 2.18. The number of pyridine rings is 1. The third-order valence-corrected chi connectivity index (χ3v) is 4.40. The van der Waals surface area contributed by atoms with Gasteiger partial charge >= 0.3 is 0 Å². The summed E-state index contributed by atoms with van der Waals surface area (Å²) in [7, 11) is 0. The first kappa shape index (κ1) is 12.8. The third kappa shape index (κ3) is 3.68. The van der Waals surface area contributed by atoms with Crippen molar-refractivity contribution < 1.29 is 0 Å². The predicted octanol–water partition coefficient (Wildman–Crippen LogP) is 1.96. The van der Waals surface area contributed by atoms with Gasteiger partial charge in [0, 0.05) is 30.7 Å². The quantitative estimate of drug-likeness (QED) is 0.794. The lowest BCUT2D eigenvalue weighted by Crippen LogP contribution is -2.37. The van der Waals surface area contributed by atoms with E-state index in [4.69, 9.17) is 0 Å². The van der Waals surface area contributed by atoms with Crippen LogP contribution in [0.3, 0.4) is 0 Å². The summed E-state index contributed by atoms with van der Waals surface area (Å²) in [6, 6.07) is 5.33. The van der Waals surface area contributed by atoms with Crippen molar-refractivity contribution in [2.75, 3.05) is 25.0 Å². The fraction of sp³-hybridized carbons (Fsp3) is 0.615. The van der Waals surface area contributed by atoms with E-state index in [0.717, 1.165) is 37.4 Å². The van der Waals surface area contributed by atoms with Gasteiger partial charge in [0.15, 0.2) is 0 Å². The number of nitrogens with zero attached hydrogens (tertiary/aromatic N) is 2. The molecule has 1 fully saturated rings. The van der Waals surface area contributed by atoms with Crippen LogP contribution in [0.1, 0.15) is 12.8 Å². The summed E-state index contributed by atoms with van der Waals surface area (Å²) in [5.41, 5.74) is 0.0999. The van der Waals surface area contributed by atoms with Crippen molar-refractivity contribution in [1.82, 2.24) is 9.47 Å². The van der Waals surface area contributed by atoms with Crippen molar-refractivity contribution >= 4 is 15.9 Å². The summed E-state index contributed by atoms with van der Waals surface area (Å²) in [5, 5.41) is 1.12. The fourth-order valence-corrected chi connectivity index (χ4v) is 2.91. The van der Waals surface area contributed by atoms with Crippen molar-refractivity contribution in [2.24, 2.45) is 5.92 Å². The Morgan fingerprint density at radius 3 is 2.65 bits per heavy atom. The van der Waals surface area contributed by atoms with Gasteiger partial charge in [0.25, 0.3) is 5.56 Å². The van der Waals surface area contributed by atoms with Crippen LogP contribution in [0.4, 0.5) is 0 Å². The Balaban J connectivity index is 1.80. The molecule has 1 saturated heterocycles. The molecule has 3 nitrogen and oxygen atoms in total. The minimum Gasteiger partial charge on any atom is -0.314 e. The molecule has 0 spiro atoms. The number of piperidine rings is 1. The fourth-order valence-electron chi connectivity index (χ4n) is 2.26. The van der Waals surface area contributed by atoms with Crippen LogP contribution in [-0.2, 0) is 6.54 Å². The molecular weight excluding hydrogens is 280 g/mol. The molecular formula is C13H19BrN2O. The van der Waals surface area contributed by atoms with Crippen LogP contribution in [0, 0.1) is 5.92 Å². The molecule has 0 radical (unpaired) electrons. The minimum atomic E-state index is 0.0999. The Kier molecular flexibility index (Phi) is 4.80. The van der Waals surface area contributed by atoms with Gasteiger partial charge in [0.2, 0.25) is 0 Å². The maximum atomic E-state index is 11.5. The van der Waals surface area contributed by atoms with E-state index in [1.54, 1.807) is 16.7 Å². The van der Waals surface area contributed by atoms with Crippen molar-refractivity contribution in [3.8, 4) is 0 Å². The second-order valence-electron chi connectivity index (χ2n) is 4.67. The highest BCUT2D eigenvalue weighted by molar-refractivity contribution is 9.09. The molecule has 0 aliphatic carbocycles. The van der Waals surface area contributed by atoms with Gasteiger partial charge in [-0.1, -0.05) is 22.0 Å². The summed E-state index contributed by atoms with van der Waals surface area (Å²) in [5.74, 6) is 0.839. The van der Waals surface area contributed by atoms with Crippen LogP contribution in [0.25, 0.3) is 0 Å². The first-order valence-corrected chi connectivity index (χ1v) is 7.35. The first-order chi connectivity index (χ1) is 8.29. The molecule has 2 rings (SSSR count). The lowest BCUT2D eigenvalue weighted by Gasteiger charge is -2.31. The van der Waals surface area contributed by atoms with E-state index in [-0.39, 0.29) is 5.56 Å². The van der Waals surface area contributed by atoms with Gasteiger partial charge in [-0.05, 0) is 37.9 Å². The molecule has 94 valence electrons. The average molecular weight is 299 g/mol. The molecule has 1 aliphatic rings. The van der Waals surface area contributed by atoms with E-state index in [0.29, 0.717) is 0 Å². The molecule has 1 aliphatic heterocycles. The predicted molar refractivity (Wildman–Crippen MR) is 73.7 cm³/mol. The van der Waals surface area contributed by atoms with Crippen molar-refractivity contribution in [1.29, 1.82) is 0 Å². The summed E-state index contributed by atoms with van der Waals surface area (Å²) >= 11 is 3.55. The van der Waals surface area contributed by atoms with E-state index in [9.17, 15) is 4.79 Å². The number of hydrogen-bond acceptors (Lipinski definition) is 2. The second-order valence-corrected chi connectivity index (χ2v) is 5.32. The van der Waals surface area contributed by atoms with E-state index in [1.807, 2.05) is 12.3 Å². The summed E-state index contributed by atoms with van der Waals surface area (Å²) in [6.45, 7) is 4.12. The van der Waals surface area contributed by atoms with Gasteiger partial charge in [-0.3, -0.25) is 4.79 Å². The van der Waals surface area contributed by atoms with Crippen LogP contribution in [0.5, 0.6) is 0 Å². The largest absolute Gasteiger partial charge is 0.314 e. The van der Waals surface area contributed by atoms with E-state index < -0.39 is 0 Å². The maximum absolute atomic E-state index is 11.5. The normalized spacial score (nSPS) is 18.4. The molecule has 0 unspecified atom stereocenters. The topological polar surface area (TPSA) is 25.2 Å². The molecule has 1 aromatic heterocycles. The minimum absolute atomic E-state index is 0.0999. The maximum Gasteiger partial charge on any atom is 0.250 e. The summed E-state index contributed by atoms with van der Waals surface area (Å²) in [6.07, 6.45) is 4.41. The Hall–Kier alpha value is -0.610. The number of aromatic nitrogens is 1. The Morgan fingerprint density at radius 1 is 1.24 bits per heavy atom.